The summed E-state index contributed by atoms with van der Waals surface area (Å²) >= 11 is 3.39. The fourth-order valence-corrected chi connectivity index (χ4v) is 2.23. The van der Waals surface area contributed by atoms with Crippen LogP contribution in [0.3, 0.4) is 0 Å². The number of nitrogens with two attached hydrogens (primary N) is 1. The number of benzene rings is 1. The van der Waals surface area contributed by atoms with Gasteiger partial charge in [0.15, 0.2) is 0 Å². The van der Waals surface area contributed by atoms with Gasteiger partial charge in [-0.15, -0.1) is 5.11 Å². The zero-order chi connectivity index (χ0) is 13.7. The smallest absolute Gasteiger partial charge is 0.226 e. The van der Waals surface area contributed by atoms with E-state index in [4.69, 9.17) is 15.3 Å². The van der Waals surface area contributed by atoms with Crippen LogP contribution in [0.5, 0.6) is 5.75 Å². The molecule has 1 heterocycles. The quantitative estimate of drug-likeness (QED) is 0.493. The summed E-state index contributed by atoms with van der Waals surface area (Å²) in [7, 11) is 0. The van der Waals surface area contributed by atoms with Crippen LogP contribution in [-0.4, -0.2) is 25.1 Å². The number of halogens is 1. The highest BCUT2D eigenvalue weighted by molar-refractivity contribution is 9.10. The van der Waals surface area contributed by atoms with Crippen LogP contribution in [0.4, 0.5) is 0 Å². The number of hydrogen-bond donors (Lipinski definition) is 2. The van der Waals surface area contributed by atoms with Crippen molar-refractivity contribution in [2.75, 3.05) is 6.61 Å². The molecular weight excluding hydrogens is 312 g/mol. The first-order valence-corrected chi connectivity index (χ1v) is 6.86. The van der Waals surface area contributed by atoms with Crippen molar-refractivity contribution in [1.29, 1.82) is 0 Å². The average molecular weight is 329 g/mol. The maximum absolute atomic E-state index is 5.83. The zero-order valence-corrected chi connectivity index (χ0v) is 12.2. The first-order chi connectivity index (χ1) is 9.17. The van der Waals surface area contributed by atoms with Crippen LogP contribution in [0.25, 0.3) is 0 Å². The zero-order valence-electron chi connectivity index (χ0n) is 10.6. The van der Waals surface area contributed by atoms with E-state index in [1.165, 1.54) is 0 Å². The Morgan fingerprint density at radius 1 is 1.53 bits per heavy atom. The third kappa shape index (κ3) is 4.45. The SMILES string of the molecule is C[C@@H](C[C@H]1COC(N=NN)N1)Oc1ccc(Br)cc1. The Balaban J connectivity index is 1.78. The summed E-state index contributed by atoms with van der Waals surface area (Å²) < 4.78 is 12.2. The van der Waals surface area contributed by atoms with E-state index in [0.29, 0.717) is 6.61 Å². The summed E-state index contributed by atoms with van der Waals surface area (Å²) in [5, 5.41) is 10.1. The molecule has 1 fully saturated rings. The summed E-state index contributed by atoms with van der Waals surface area (Å²) in [5.74, 6) is 5.83. The van der Waals surface area contributed by atoms with Gasteiger partial charge < -0.3 is 15.3 Å². The Morgan fingerprint density at radius 3 is 2.95 bits per heavy atom. The van der Waals surface area contributed by atoms with E-state index in [9.17, 15) is 0 Å². The standard InChI is InChI=1S/C12H17BrN4O2/c1-8(19-11-4-2-9(13)3-5-11)6-10-7-18-12(15-10)16-17-14/h2-5,8,10,12,15H,6-7H2,1H3,(H2,14,16)/t8-,10-,12?/m0/s1. The molecule has 6 nitrogen and oxygen atoms in total. The van der Waals surface area contributed by atoms with Crippen molar-refractivity contribution in [3.8, 4) is 5.75 Å². The molecule has 1 aromatic carbocycles. The first kappa shape index (κ1) is 14.2. The van der Waals surface area contributed by atoms with Crippen molar-refractivity contribution >= 4 is 15.9 Å². The molecule has 1 saturated heterocycles. The van der Waals surface area contributed by atoms with Crippen LogP contribution in [0, 0.1) is 0 Å². The minimum Gasteiger partial charge on any atom is -0.491 e. The second-order valence-electron chi connectivity index (χ2n) is 4.40. The van der Waals surface area contributed by atoms with Gasteiger partial charge in [0.05, 0.1) is 12.7 Å². The molecule has 1 unspecified atom stereocenters. The Morgan fingerprint density at radius 2 is 2.26 bits per heavy atom. The molecule has 0 bridgehead atoms. The van der Waals surface area contributed by atoms with Crippen molar-refractivity contribution in [2.45, 2.75) is 31.8 Å². The molecule has 0 aromatic heterocycles. The predicted molar refractivity (Wildman–Crippen MR) is 74.6 cm³/mol. The molecule has 1 aliphatic rings. The van der Waals surface area contributed by atoms with Gasteiger partial charge in [0.2, 0.25) is 6.35 Å². The van der Waals surface area contributed by atoms with Crippen molar-refractivity contribution < 1.29 is 9.47 Å². The summed E-state index contributed by atoms with van der Waals surface area (Å²) in [6.45, 7) is 2.61. The molecule has 1 aromatic rings. The molecule has 0 aliphatic carbocycles. The van der Waals surface area contributed by atoms with E-state index in [0.717, 1.165) is 16.6 Å². The van der Waals surface area contributed by atoms with Gasteiger partial charge in [-0.1, -0.05) is 21.2 Å². The van der Waals surface area contributed by atoms with Crippen LogP contribution in [-0.2, 0) is 4.74 Å². The van der Waals surface area contributed by atoms with E-state index in [1.54, 1.807) is 0 Å². The van der Waals surface area contributed by atoms with E-state index in [-0.39, 0.29) is 12.1 Å². The maximum atomic E-state index is 5.83. The summed E-state index contributed by atoms with van der Waals surface area (Å²) in [6.07, 6.45) is 0.470. The largest absolute Gasteiger partial charge is 0.491 e. The lowest BCUT2D eigenvalue weighted by molar-refractivity contribution is 0.0997. The van der Waals surface area contributed by atoms with Crippen LogP contribution >= 0.6 is 15.9 Å². The molecule has 0 radical (unpaired) electrons. The predicted octanol–water partition coefficient (Wildman–Crippen LogP) is 2.20. The third-order valence-electron chi connectivity index (χ3n) is 2.77. The number of nitrogens with one attached hydrogen (secondary N) is 1. The van der Waals surface area contributed by atoms with Gasteiger partial charge in [0, 0.05) is 16.9 Å². The van der Waals surface area contributed by atoms with Crippen molar-refractivity contribution in [3.05, 3.63) is 28.7 Å². The van der Waals surface area contributed by atoms with Crippen molar-refractivity contribution in [3.63, 3.8) is 0 Å². The van der Waals surface area contributed by atoms with Gasteiger partial charge in [-0.2, -0.15) is 0 Å². The molecule has 0 saturated carbocycles. The van der Waals surface area contributed by atoms with E-state index < -0.39 is 6.35 Å². The van der Waals surface area contributed by atoms with Gasteiger partial charge in [0.25, 0.3) is 0 Å². The second kappa shape index (κ2) is 6.83. The molecule has 0 amide bonds. The monoisotopic (exact) mass is 328 g/mol. The number of rotatable bonds is 5. The van der Waals surface area contributed by atoms with Crippen molar-refractivity contribution in [2.24, 2.45) is 16.2 Å². The highest BCUT2D eigenvalue weighted by Crippen LogP contribution is 2.19. The number of ether oxygens (including phenoxy) is 2. The van der Waals surface area contributed by atoms with Crippen LogP contribution < -0.4 is 15.9 Å². The second-order valence-corrected chi connectivity index (χ2v) is 5.31. The van der Waals surface area contributed by atoms with E-state index >= 15 is 0 Å². The maximum Gasteiger partial charge on any atom is 0.226 e. The molecular formula is C12H17BrN4O2. The highest BCUT2D eigenvalue weighted by atomic mass is 79.9. The summed E-state index contributed by atoms with van der Waals surface area (Å²) in [6, 6.07) is 7.98. The lowest BCUT2D eigenvalue weighted by Gasteiger charge is -2.18. The Hall–Kier alpha value is -1.18. The number of nitrogens with zero attached hydrogens (tertiary/aromatic N) is 2. The van der Waals surface area contributed by atoms with Gasteiger partial charge in [0.1, 0.15) is 5.75 Å². The van der Waals surface area contributed by atoms with E-state index in [1.807, 2.05) is 31.2 Å². The fraction of sp³-hybridized carbons (Fsp3) is 0.500. The molecule has 3 N–H and O–H groups in total. The van der Waals surface area contributed by atoms with Gasteiger partial charge in [-0.05, 0) is 31.2 Å². The minimum atomic E-state index is -0.435. The molecule has 1 aliphatic heterocycles. The highest BCUT2D eigenvalue weighted by Gasteiger charge is 2.26. The lowest BCUT2D eigenvalue weighted by atomic mass is 10.1. The molecule has 0 spiro atoms. The molecule has 3 atom stereocenters. The van der Waals surface area contributed by atoms with Gasteiger partial charge >= 0.3 is 0 Å². The first-order valence-electron chi connectivity index (χ1n) is 6.07. The Labute approximate surface area is 120 Å². The Kier molecular flexibility index (Phi) is 5.12. The van der Waals surface area contributed by atoms with Crippen LogP contribution in [0.1, 0.15) is 13.3 Å². The van der Waals surface area contributed by atoms with Crippen LogP contribution in [0.15, 0.2) is 39.1 Å². The normalized spacial score (nSPS) is 24.7. The Bertz CT molecular complexity index is 426. The minimum absolute atomic E-state index is 0.0795. The fourth-order valence-electron chi connectivity index (χ4n) is 1.96. The topological polar surface area (TPSA) is 81.2 Å². The van der Waals surface area contributed by atoms with Gasteiger partial charge in [-0.3, -0.25) is 5.32 Å². The summed E-state index contributed by atoms with van der Waals surface area (Å²) in [5.41, 5.74) is 0. The molecule has 104 valence electrons. The average Bonchev–Trinajstić information content (AvgIpc) is 2.80. The molecule has 19 heavy (non-hydrogen) atoms. The van der Waals surface area contributed by atoms with Gasteiger partial charge in [-0.25, -0.2) is 0 Å². The lowest BCUT2D eigenvalue weighted by Crippen LogP contribution is -2.33. The summed E-state index contributed by atoms with van der Waals surface area (Å²) in [4.78, 5) is 0. The van der Waals surface area contributed by atoms with E-state index in [2.05, 4.69) is 31.6 Å². The molecule has 2 rings (SSSR count). The van der Waals surface area contributed by atoms with Crippen LogP contribution in [0.2, 0.25) is 0 Å². The molecule has 7 heteroatoms. The van der Waals surface area contributed by atoms with Crippen molar-refractivity contribution in [1.82, 2.24) is 5.32 Å². The number of hydrogen-bond acceptors (Lipinski definition) is 5. The third-order valence-corrected chi connectivity index (χ3v) is 3.30.